The van der Waals surface area contributed by atoms with Crippen molar-refractivity contribution in [2.45, 2.75) is 13.0 Å². The molecule has 0 aliphatic carbocycles. The van der Waals surface area contributed by atoms with Gasteiger partial charge in [-0.1, -0.05) is 6.07 Å². The maximum atomic E-state index is 12.6. The summed E-state index contributed by atoms with van der Waals surface area (Å²) in [6.45, 7) is 1.66. The Bertz CT molecular complexity index is 946. The van der Waals surface area contributed by atoms with Crippen molar-refractivity contribution < 1.29 is 4.79 Å². The van der Waals surface area contributed by atoms with Crippen molar-refractivity contribution in [3.05, 3.63) is 64.3 Å². The van der Waals surface area contributed by atoms with E-state index >= 15 is 0 Å². The lowest BCUT2D eigenvalue weighted by molar-refractivity contribution is -0.119. The Morgan fingerprint density at radius 1 is 1.15 bits per heavy atom. The van der Waals surface area contributed by atoms with Gasteiger partial charge in [0, 0.05) is 31.5 Å². The minimum absolute atomic E-state index is 0.291. The van der Waals surface area contributed by atoms with E-state index in [2.05, 4.69) is 10.4 Å². The van der Waals surface area contributed by atoms with Crippen molar-refractivity contribution in [3.63, 3.8) is 0 Å². The van der Waals surface area contributed by atoms with Crippen LogP contribution in [0.4, 0.5) is 11.4 Å². The first-order valence-corrected chi connectivity index (χ1v) is 9.05. The van der Waals surface area contributed by atoms with Crippen LogP contribution in [0, 0.1) is 0 Å². The highest BCUT2D eigenvalue weighted by Gasteiger charge is 2.18. The van der Waals surface area contributed by atoms with Crippen LogP contribution < -0.4 is 15.8 Å². The molecule has 0 fully saturated rings. The van der Waals surface area contributed by atoms with Crippen LogP contribution >= 0.6 is 11.3 Å². The number of benzene rings is 1. The molecule has 1 aromatic carbocycles. The number of thiophene rings is 1. The van der Waals surface area contributed by atoms with Gasteiger partial charge >= 0.3 is 0 Å². The zero-order valence-electron chi connectivity index (χ0n) is 14.8. The second-order valence-corrected chi connectivity index (χ2v) is 7.03. The summed E-state index contributed by atoms with van der Waals surface area (Å²) in [6.07, 6.45) is 0. The van der Waals surface area contributed by atoms with Crippen LogP contribution in [0.25, 0.3) is 10.6 Å². The van der Waals surface area contributed by atoms with Crippen molar-refractivity contribution >= 4 is 28.6 Å². The molecule has 1 N–H and O–H groups in total. The molecule has 3 aromatic rings. The lowest BCUT2D eigenvalue weighted by atomic mass is 10.2. The van der Waals surface area contributed by atoms with Crippen molar-refractivity contribution in [1.82, 2.24) is 9.78 Å². The normalized spacial score (nSPS) is 11.8. The predicted molar refractivity (Wildman–Crippen MR) is 106 cm³/mol. The maximum Gasteiger partial charge on any atom is 0.267 e. The maximum absolute atomic E-state index is 12.6. The number of carbonyl (C=O) groups excluding carboxylic acids is 1. The fraction of sp³-hybridized carbons (Fsp3) is 0.211. The number of aromatic nitrogens is 2. The number of nitrogens with zero attached hydrogens (tertiary/aromatic N) is 3. The van der Waals surface area contributed by atoms with E-state index in [0.29, 0.717) is 11.4 Å². The third kappa shape index (κ3) is 3.83. The van der Waals surface area contributed by atoms with Gasteiger partial charge in [-0.05, 0) is 48.7 Å². The zero-order valence-corrected chi connectivity index (χ0v) is 15.7. The van der Waals surface area contributed by atoms with Gasteiger partial charge in [-0.2, -0.15) is 5.10 Å². The largest absolute Gasteiger partial charge is 0.378 e. The van der Waals surface area contributed by atoms with Crippen molar-refractivity contribution in [2.24, 2.45) is 0 Å². The Hall–Kier alpha value is -2.93. The van der Waals surface area contributed by atoms with Crippen molar-refractivity contribution in [1.29, 1.82) is 0 Å². The van der Waals surface area contributed by atoms with Gasteiger partial charge < -0.3 is 10.2 Å². The highest BCUT2D eigenvalue weighted by Crippen LogP contribution is 2.22. The first kappa shape index (κ1) is 17.9. The molecule has 0 spiro atoms. The summed E-state index contributed by atoms with van der Waals surface area (Å²) in [5.74, 6) is -0.291. The number of hydrogen-bond donors (Lipinski definition) is 1. The number of amides is 1. The van der Waals surface area contributed by atoms with E-state index in [0.717, 1.165) is 10.6 Å². The van der Waals surface area contributed by atoms with E-state index in [1.807, 2.05) is 60.8 Å². The van der Waals surface area contributed by atoms with Gasteiger partial charge in [0.05, 0.1) is 4.88 Å². The first-order valence-electron chi connectivity index (χ1n) is 8.17. The minimum atomic E-state index is -0.726. The first-order chi connectivity index (χ1) is 12.5. The molecule has 0 saturated heterocycles. The molecule has 6 nitrogen and oxygen atoms in total. The number of hydrogen-bond acceptors (Lipinski definition) is 5. The SMILES string of the molecule is CC(C(=O)Nc1ccc(N(C)C)cc1)n1nc(-c2cccs2)ccc1=O. The molecule has 0 aliphatic heterocycles. The Morgan fingerprint density at radius 2 is 1.88 bits per heavy atom. The summed E-state index contributed by atoms with van der Waals surface area (Å²) in [6, 6.07) is 13.7. The number of nitrogens with one attached hydrogen (secondary N) is 1. The average Bonchev–Trinajstić information content (AvgIpc) is 3.16. The van der Waals surface area contributed by atoms with Crippen LogP contribution in [0.3, 0.4) is 0 Å². The van der Waals surface area contributed by atoms with Gasteiger partial charge in [0.15, 0.2) is 0 Å². The summed E-state index contributed by atoms with van der Waals surface area (Å²) >= 11 is 1.53. The van der Waals surface area contributed by atoms with E-state index in [9.17, 15) is 9.59 Å². The van der Waals surface area contributed by atoms with Gasteiger partial charge in [-0.3, -0.25) is 9.59 Å². The molecule has 1 unspecified atom stereocenters. The lowest BCUT2D eigenvalue weighted by Crippen LogP contribution is -2.33. The molecule has 1 amide bonds. The second-order valence-electron chi connectivity index (χ2n) is 6.09. The van der Waals surface area contributed by atoms with Crippen LogP contribution in [-0.4, -0.2) is 29.8 Å². The van der Waals surface area contributed by atoms with Crippen LogP contribution in [-0.2, 0) is 4.79 Å². The summed E-state index contributed by atoms with van der Waals surface area (Å²) in [5.41, 5.74) is 2.08. The van der Waals surface area contributed by atoms with E-state index < -0.39 is 6.04 Å². The van der Waals surface area contributed by atoms with Gasteiger partial charge in [0.25, 0.3) is 5.56 Å². The van der Waals surface area contributed by atoms with E-state index in [-0.39, 0.29) is 11.5 Å². The predicted octanol–water partition coefficient (Wildman–Crippen LogP) is 3.24. The molecule has 2 heterocycles. The summed E-state index contributed by atoms with van der Waals surface area (Å²) in [4.78, 5) is 27.7. The number of rotatable bonds is 5. The molecule has 2 aromatic heterocycles. The zero-order chi connectivity index (χ0) is 18.7. The van der Waals surface area contributed by atoms with Crippen LogP contribution in [0.1, 0.15) is 13.0 Å². The monoisotopic (exact) mass is 368 g/mol. The summed E-state index contributed by atoms with van der Waals surface area (Å²) < 4.78 is 1.22. The summed E-state index contributed by atoms with van der Waals surface area (Å²) in [7, 11) is 3.91. The number of carbonyl (C=O) groups is 1. The smallest absolute Gasteiger partial charge is 0.267 e. The Balaban J connectivity index is 1.80. The highest BCUT2D eigenvalue weighted by molar-refractivity contribution is 7.13. The molecule has 0 bridgehead atoms. The molecule has 0 radical (unpaired) electrons. The van der Waals surface area contributed by atoms with Gasteiger partial charge in [-0.25, -0.2) is 4.68 Å². The topological polar surface area (TPSA) is 67.2 Å². The Labute approximate surface area is 155 Å². The Morgan fingerprint density at radius 3 is 2.50 bits per heavy atom. The molecule has 26 heavy (non-hydrogen) atoms. The molecule has 134 valence electrons. The molecule has 7 heteroatoms. The van der Waals surface area contributed by atoms with E-state index in [1.54, 1.807) is 13.0 Å². The van der Waals surface area contributed by atoms with Crippen LogP contribution in [0.5, 0.6) is 0 Å². The van der Waals surface area contributed by atoms with Gasteiger partial charge in [-0.15, -0.1) is 11.3 Å². The fourth-order valence-corrected chi connectivity index (χ4v) is 3.15. The molecule has 3 rings (SSSR count). The minimum Gasteiger partial charge on any atom is -0.378 e. The van der Waals surface area contributed by atoms with Gasteiger partial charge in [0.2, 0.25) is 5.91 Å². The molecular formula is C19H20N4O2S. The number of anilines is 2. The lowest BCUT2D eigenvalue weighted by Gasteiger charge is -2.16. The third-order valence-electron chi connectivity index (χ3n) is 4.00. The van der Waals surface area contributed by atoms with Crippen molar-refractivity contribution in [2.75, 3.05) is 24.3 Å². The molecule has 1 atom stereocenters. The quantitative estimate of drug-likeness (QED) is 0.751. The average molecular weight is 368 g/mol. The Kier molecular flexibility index (Phi) is 5.18. The van der Waals surface area contributed by atoms with E-state index in [4.69, 9.17) is 0 Å². The van der Waals surface area contributed by atoms with E-state index in [1.165, 1.54) is 22.1 Å². The molecule has 0 aliphatic rings. The highest BCUT2D eigenvalue weighted by atomic mass is 32.1. The summed E-state index contributed by atoms with van der Waals surface area (Å²) in [5, 5.41) is 9.14. The molecular weight excluding hydrogens is 348 g/mol. The van der Waals surface area contributed by atoms with Crippen LogP contribution in [0.15, 0.2) is 58.7 Å². The second kappa shape index (κ2) is 7.53. The van der Waals surface area contributed by atoms with Gasteiger partial charge in [0.1, 0.15) is 11.7 Å². The fourth-order valence-electron chi connectivity index (χ4n) is 2.46. The molecule has 0 saturated carbocycles. The van der Waals surface area contributed by atoms with Crippen LogP contribution in [0.2, 0.25) is 0 Å². The van der Waals surface area contributed by atoms with Crippen molar-refractivity contribution in [3.8, 4) is 10.6 Å². The standard InChI is InChI=1S/C19H20N4O2S/c1-13(19(25)20-14-6-8-15(9-7-14)22(2)3)23-18(24)11-10-16(21-23)17-5-4-12-26-17/h4-13H,1-3H3,(H,20,25). The third-order valence-corrected chi connectivity index (χ3v) is 4.89.